The Kier molecular flexibility index (Phi) is 5.31. The second-order valence-electron chi connectivity index (χ2n) is 6.83. The van der Waals surface area contributed by atoms with Gasteiger partial charge in [-0.25, -0.2) is 0 Å². The van der Waals surface area contributed by atoms with Gasteiger partial charge in [0.1, 0.15) is 11.4 Å². The second-order valence-corrected chi connectivity index (χ2v) is 6.83. The van der Waals surface area contributed by atoms with Crippen LogP contribution in [-0.4, -0.2) is 18.1 Å². The first-order valence-corrected chi connectivity index (χ1v) is 8.91. The molecule has 0 heterocycles. The molecule has 3 rings (SSSR count). The normalized spacial score (nSPS) is 11.2. The van der Waals surface area contributed by atoms with E-state index in [1.54, 1.807) is 7.11 Å². The number of ether oxygens (including phenoxy) is 1. The zero-order valence-corrected chi connectivity index (χ0v) is 16.6. The minimum Gasteiger partial charge on any atom is -0.505 e. The van der Waals surface area contributed by atoms with E-state index in [1.807, 2.05) is 57.2 Å². The molecule has 3 aromatic rings. The summed E-state index contributed by atoms with van der Waals surface area (Å²) in [6.07, 6.45) is 0. The topological polar surface area (TPSA) is 83.3 Å². The Labute approximate surface area is 163 Å². The summed E-state index contributed by atoms with van der Waals surface area (Å²) >= 11 is 0. The van der Waals surface area contributed by atoms with Crippen LogP contribution in [0.1, 0.15) is 23.6 Å². The molecule has 0 saturated heterocycles. The number of azo groups is 1. The molecule has 0 aromatic heterocycles. The Morgan fingerprint density at radius 2 is 1.79 bits per heavy atom. The van der Waals surface area contributed by atoms with Crippen LogP contribution in [0.5, 0.6) is 11.5 Å². The van der Waals surface area contributed by atoms with Gasteiger partial charge in [0.05, 0.1) is 18.5 Å². The molecule has 144 valence electrons. The number of rotatable bonds is 4. The summed E-state index contributed by atoms with van der Waals surface area (Å²) in [5.74, 6) is 0.536. The fourth-order valence-electron chi connectivity index (χ4n) is 3.18. The van der Waals surface area contributed by atoms with Crippen LogP contribution in [0.25, 0.3) is 10.8 Å². The number of carbonyl (C=O) groups is 1. The van der Waals surface area contributed by atoms with Crippen molar-refractivity contribution in [3.8, 4) is 11.5 Å². The van der Waals surface area contributed by atoms with Crippen LogP contribution in [0.3, 0.4) is 0 Å². The highest BCUT2D eigenvalue weighted by Crippen LogP contribution is 2.43. The van der Waals surface area contributed by atoms with Gasteiger partial charge in [0.2, 0.25) is 5.91 Å². The first-order valence-electron chi connectivity index (χ1n) is 8.91. The van der Waals surface area contributed by atoms with E-state index in [4.69, 9.17) is 4.74 Å². The maximum atomic E-state index is 11.6. The summed E-state index contributed by atoms with van der Waals surface area (Å²) in [4.78, 5) is 11.6. The third-order valence-corrected chi connectivity index (χ3v) is 4.49. The maximum Gasteiger partial charge on any atom is 0.221 e. The lowest BCUT2D eigenvalue weighted by molar-refractivity contribution is -0.114. The SMILES string of the molecule is COc1ccc(N=Nc2c(C)cc3cc(C)cc(NC(C)=O)c3c2O)c(C)c1. The molecule has 0 unspecified atom stereocenters. The molecule has 0 aliphatic rings. The number of fused-ring (bicyclic) bond motifs is 1. The first kappa shape index (κ1) is 19.4. The summed E-state index contributed by atoms with van der Waals surface area (Å²) in [6, 6.07) is 11.2. The average molecular weight is 377 g/mol. The zero-order valence-electron chi connectivity index (χ0n) is 16.6. The minimum absolute atomic E-state index is 0.00587. The van der Waals surface area contributed by atoms with Crippen LogP contribution in [0.2, 0.25) is 0 Å². The van der Waals surface area contributed by atoms with Crippen molar-refractivity contribution in [2.24, 2.45) is 10.2 Å². The van der Waals surface area contributed by atoms with Gasteiger partial charge in [-0.15, -0.1) is 5.11 Å². The van der Waals surface area contributed by atoms with Crippen LogP contribution in [0.15, 0.2) is 46.6 Å². The number of benzene rings is 3. The molecule has 0 spiro atoms. The molecule has 28 heavy (non-hydrogen) atoms. The highest BCUT2D eigenvalue weighted by Gasteiger charge is 2.15. The Bertz CT molecular complexity index is 1100. The van der Waals surface area contributed by atoms with E-state index >= 15 is 0 Å². The fourth-order valence-corrected chi connectivity index (χ4v) is 3.18. The van der Waals surface area contributed by atoms with Gasteiger partial charge in [-0.3, -0.25) is 4.79 Å². The number of nitrogens with one attached hydrogen (secondary N) is 1. The van der Waals surface area contributed by atoms with Gasteiger partial charge in [-0.2, -0.15) is 5.11 Å². The molecule has 0 saturated carbocycles. The molecule has 1 amide bonds. The molecule has 0 aliphatic carbocycles. The predicted molar refractivity (Wildman–Crippen MR) is 111 cm³/mol. The van der Waals surface area contributed by atoms with E-state index in [-0.39, 0.29) is 11.7 Å². The molecule has 0 aliphatic heterocycles. The zero-order chi connectivity index (χ0) is 20.4. The molecule has 6 nitrogen and oxygen atoms in total. The summed E-state index contributed by atoms with van der Waals surface area (Å²) in [5, 5.41) is 23.7. The third kappa shape index (κ3) is 3.81. The smallest absolute Gasteiger partial charge is 0.221 e. The van der Waals surface area contributed by atoms with Gasteiger partial charge in [0.15, 0.2) is 5.75 Å². The summed E-state index contributed by atoms with van der Waals surface area (Å²) < 4.78 is 5.21. The largest absolute Gasteiger partial charge is 0.505 e. The van der Waals surface area contributed by atoms with Gasteiger partial charge in [0.25, 0.3) is 0 Å². The van der Waals surface area contributed by atoms with E-state index in [9.17, 15) is 9.90 Å². The monoisotopic (exact) mass is 377 g/mol. The molecule has 0 bridgehead atoms. The molecule has 0 fully saturated rings. The second kappa shape index (κ2) is 7.68. The van der Waals surface area contributed by atoms with Crippen LogP contribution in [0, 0.1) is 20.8 Å². The highest BCUT2D eigenvalue weighted by molar-refractivity contribution is 6.07. The maximum absolute atomic E-state index is 11.6. The Morgan fingerprint density at radius 1 is 1.04 bits per heavy atom. The van der Waals surface area contributed by atoms with E-state index in [0.29, 0.717) is 22.4 Å². The van der Waals surface area contributed by atoms with E-state index in [0.717, 1.165) is 27.8 Å². The van der Waals surface area contributed by atoms with Crippen molar-refractivity contribution >= 4 is 33.7 Å². The quantitative estimate of drug-likeness (QED) is 0.559. The predicted octanol–water partition coefficient (Wildman–Crippen LogP) is 5.85. The Hall–Kier alpha value is -3.41. The van der Waals surface area contributed by atoms with Crippen LogP contribution in [-0.2, 0) is 4.79 Å². The van der Waals surface area contributed by atoms with Gasteiger partial charge in [-0.05, 0) is 73.2 Å². The van der Waals surface area contributed by atoms with Crippen molar-refractivity contribution < 1.29 is 14.6 Å². The molecule has 0 atom stereocenters. The summed E-state index contributed by atoms with van der Waals surface area (Å²) in [5.41, 5.74) is 4.30. The van der Waals surface area contributed by atoms with Crippen molar-refractivity contribution in [1.82, 2.24) is 0 Å². The summed E-state index contributed by atoms with van der Waals surface area (Å²) in [7, 11) is 1.61. The van der Waals surface area contributed by atoms with Crippen LogP contribution < -0.4 is 10.1 Å². The Morgan fingerprint density at radius 3 is 2.43 bits per heavy atom. The number of amides is 1. The van der Waals surface area contributed by atoms with Crippen LogP contribution >= 0.6 is 0 Å². The van der Waals surface area contributed by atoms with Gasteiger partial charge in [-0.1, -0.05) is 6.07 Å². The number of nitrogens with zero attached hydrogens (tertiary/aromatic N) is 2. The lowest BCUT2D eigenvalue weighted by Crippen LogP contribution is -2.06. The van der Waals surface area contributed by atoms with Crippen molar-refractivity contribution in [2.75, 3.05) is 12.4 Å². The molecular formula is C22H23N3O3. The highest BCUT2D eigenvalue weighted by atomic mass is 16.5. The van der Waals surface area contributed by atoms with Gasteiger partial charge < -0.3 is 15.2 Å². The molecule has 6 heteroatoms. The Balaban J connectivity index is 2.13. The first-order chi connectivity index (χ1) is 13.3. The lowest BCUT2D eigenvalue weighted by atomic mass is 10.0. The summed E-state index contributed by atoms with van der Waals surface area (Å²) in [6.45, 7) is 7.17. The number of aromatic hydroxyl groups is 1. The minimum atomic E-state index is -0.205. The molecule has 0 radical (unpaired) electrons. The van der Waals surface area contributed by atoms with Crippen molar-refractivity contribution in [3.63, 3.8) is 0 Å². The van der Waals surface area contributed by atoms with Gasteiger partial charge in [0, 0.05) is 12.3 Å². The number of phenols is 1. The number of phenolic OH excluding ortho intramolecular Hbond substituents is 1. The standard InChI is InChI=1S/C22H23N3O3/c1-12-8-16-10-14(3)21(22(27)20(16)19(9-12)23-15(4)26)25-24-18-7-6-17(28-5)11-13(18)2/h6-11,27H,1-5H3,(H,23,26). The third-order valence-electron chi connectivity index (χ3n) is 4.49. The number of hydrogen-bond donors (Lipinski definition) is 2. The van der Waals surface area contributed by atoms with Crippen molar-refractivity contribution in [3.05, 3.63) is 53.1 Å². The number of hydrogen-bond acceptors (Lipinski definition) is 5. The lowest BCUT2D eigenvalue weighted by Gasteiger charge is -2.13. The number of carbonyl (C=O) groups excluding carboxylic acids is 1. The molecule has 2 N–H and O–H groups in total. The van der Waals surface area contributed by atoms with E-state index < -0.39 is 0 Å². The fraction of sp³-hybridized carbons (Fsp3) is 0.227. The van der Waals surface area contributed by atoms with Crippen molar-refractivity contribution in [2.45, 2.75) is 27.7 Å². The van der Waals surface area contributed by atoms with E-state index in [1.165, 1.54) is 6.92 Å². The molecular weight excluding hydrogens is 354 g/mol. The van der Waals surface area contributed by atoms with Gasteiger partial charge >= 0.3 is 0 Å². The molecule has 3 aromatic carbocycles. The number of anilines is 1. The van der Waals surface area contributed by atoms with Crippen molar-refractivity contribution in [1.29, 1.82) is 0 Å². The number of methoxy groups -OCH3 is 1. The number of aryl methyl sites for hydroxylation is 3. The van der Waals surface area contributed by atoms with Crippen LogP contribution in [0.4, 0.5) is 17.1 Å². The average Bonchev–Trinajstić information content (AvgIpc) is 2.61. The van der Waals surface area contributed by atoms with E-state index in [2.05, 4.69) is 15.5 Å².